The van der Waals surface area contributed by atoms with Crippen molar-refractivity contribution in [1.82, 2.24) is 5.32 Å². The second-order valence-electron chi connectivity index (χ2n) is 3.84. The summed E-state index contributed by atoms with van der Waals surface area (Å²) in [7, 11) is -3.43. The van der Waals surface area contributed by atoms with Gasteiger partial charge in [0, 0.05) is 6.26 Å². The number of sulfone groups is 1. The molecule has 0 aliphatic rings. The van der Waals surface area contributed by atoms with E-state index < -0.39 is 33.5 Å². The van der Waals surface area contributed by atoms with E-state index in [1.54, 1.807) is 13.8 Å². The molecule has 0 bridgehead atoms. The zero-order valence-corrected chi connectivity index (χ0v) is 10.4. The Hall–Kier alpha value is -1.11. The normalized spacial score (nSPS) is 15.2. The van der Waals surface area contributed by atoms with Crippen LogP contribution in [0.4, 0.5) is 0 Å². The Bertz CT molecular complexity index is 362. The molecule has 2 N–H and O–H groups in total. The van der Waals surface area contributed by atoms with Crippen LogP contribution in [0, 0.1) is 5.92 Å². The van der Waals surface area contributed by atoms with Crippen molar-refractivity contribution in [2.75, 3.05) is 12.0 Å². The quantitative estimate of drug-likeness (QED) is 0.671. The second kappa shape index (κ2) is 5.83. The minimum Gasteiger partial charge on any atom is -0.480 e. The topological polar surface area (TPSA) is 101 Å². The Labute approximate surface area is 95.0 Å². The van der Waals surface area contributed by atoms with E-state index in [4.69, 9.17) is 5.11 Å². The number of rotatable bonds is 6. The number of hydrogen-bond donors (Lipinski definition) is 2. The molecule has 0 saturated carbocycles. The van der Waals surface area contributed by atoms with Gasteiger partial charge in [-0.15, -0.1) is 0 Å². The molecule has 7 heteroatoms. The average molecular weight is 251 g/mol. The van der Waals surface area contributed by atoms with Crippen molar-refractivity contribution in [3.63, 3.8) is 0 Å². The lowest BCUT2D eigenvalue weighted by Crippen LogP contribution is -2.46. The van der Waals surface area contributed by atoms with Gasteiger partial charge in [-0.1, -0.05) is 20.3 Å². The summed E-state index contributed by atoms with van der Waals surface area (Å²) in [5, 5.41) is 11.1. The first-order chi connectivity index (χ1) is 7.17. The van der Waals surface area contributed by atoms with Crippen LogP contribution in [-0.4, -0.2) is 43.5 Å². The van der Waals surface area contributed by atoms with Crippen molar-refractivity contribution in [1.29, 1.82) is 0 Å². The predicted molar refractivity (Wildman–Crippen MR) is 58.7 cm³/mol. The highest BCUT2D eigenvalue weighted by molar-refractivity contribution is 7.91. The Kier molecular flexibility index (Phi) is 5.43. The maximum atomic E-state index is 11.2. The molecule has 0 aliphatic carbocycles. The van der Waals surface area contributed by atoms with Crippen LogP contribution in [0.2, 0.25) is 0 Å². The lowest BCUT2D eigenvalue weighted by Gasteiger charge is -2.19. The highest BCUT2D eigenvalue weighted by atomic mass is 32.2. The molecule has 2 unspecified atom stereocenters. The van der Waals surface area contributed by atoms with Crippen LogP contribution in [0.5, 0.6) is 0 Å². The summed E-state index contributed by atoms with van der Waals surface area (Å²) < 4.78 is 21.6. The summed E-state index contributed by atoms with van der Waals surface area (Å²) in [6, 6.07) is -1.04. The molecule has 0 radical (unpaired) electrons. The van der Waals surface area contributed by atoms with Crippen LogP contribution in [0.3, 0.4) is 0 Å². The summed E-state index contributed by atoms with van der Waals surface area (Å²) in [6.45, 7) is 3.48. The average Bonchev–Trinajstić information content (AvgIpc) is 2.09. The van der Waals surface area contributed by atoms with Gasteiger partial charge in [-0.3, -0.25) is 4.79 Å². The number of carboxylic acid groups (broad SMARTS) is 1. The zero-order valence-electron chi connectivity index (χ0n) is 9.56. The minimum absolute atomic E-state index is 0.249. The molecule has 94 valence electrons. The van der Waals surface area contributed by atoms with Crippen LogP contribution in [0.1, 0.15) is 20.3 Å². The number of carbonyl (C=O) groups is 2. The van der Waals surface area contributed by atoms with Crippen LogP contribution in [0.25, 0.3) is 0 Å². The molecule has 2 atom stereocenters. The summed E-state index contributed by atoms with van der Waals surface area (Å²) in [6.07, 6.45) is 1.50. The SMILES string of the molecule is CCC(C)C(NC(=O)CS(C)(=O)=O)C(=O)O. The molecule has 0 rings (SSSR count). The summed E-state index contributed by atoms with van der Waals surface area (Å²) in [4.78, 5) is 22.1. The largest absolute Gasteiger partial charge is 0.480 e. The van der Waals surface area contributed by atoms with Gasteiger partial charge in [0.25, 0.3) is 0 Å². The van der Waals surface area contributed by atoms with Gasteiger partial charge in [0.05, 0.1) is 0 Å². The van der Waals surface area contributed by atoms with Crippen molar-refractivity contribution in [3.8, 4) is 0 Å². The van der Waals surface area contributed by atoms with E-state index in [0.717, 1.165) is 6.26 Å². The summed E-state index contributed by atoms with van der Waals surface area (Å²) in [5.41, 5.74) is 0. The van der Waals surface area contributed by atoms with Crippen LogP contribution in [-0.2, 0) is 19.4 Å². The molecule has 0 aromatic rings. The fraction of sp³-hybridized carbons (Fsp3) is 0.778. The highest BCUT2D eigenvalue weighted by Gasteiger charge is 2.26. The molecule has 1 amide bonds. The third-order valence-electron chi connectivity index (χ3n) is 2.19. The van der Waals surface area contributed by atoms with Gasteiger partial charge < -0.3 is 10.4 Å². The first-order valence-electron chi connectivity index (χ1n) is 4.87. The molecule has 16 heavy (non-hydrogen) atoms. The maximum Gasteiger partial charge on any atom is 0.326 e. The van der Waals surface area contributed by atoms with E-state index in [1.807, 2.05) is 0 Å². The zero-order chi connectivity index (χ0) is 12.9. The molecule has 0 aromatic carbocycles. The Balaban J connectivity index is 4.54. The van der Waals surface area contributed by atoms with Crippen LogP contribution in [0.15, 0.2) is 0 Å². The van der Waals surface area contributed by atoms with E-state index in [9.17, 15) is 18.0 Å². The lowest BCUT2D eigenvalue weighted by atomic mass is 9.99. The molecule has 0 aromatic heterocycles. The third-order valence-corrected chi connectivity index (χ3v) is 2.98. The molecular formula is C9H17NO5S. The number of aliphatic carboxylic acids is 1. The molecule has 0 saturated heterocycles. The third kappa shape index (κ3) is 5.69. The number of carboxylic acids is 1. The van der Waals surface area contributed by atoms with E-state index >= 15 is 0 Å². The summed E-state index contributed by atoms with van der Waals surface area (Å²) in [5.74, 6) is -2.87. The van der Waals surface area contributed by atoms with Crippen molar-refractivity contribution in [2.45, 2.75) is 26.3 Å². The van der Waals surface area contributed by atoms with E-state index in [0.29, 0.717) is 6.42 Å². The lowest BCUT2D eigenvalue weighted by molar-refractivity contribution is -0.143. The highest BCUT2D eigenvalue weighted by Crippen LogP contribution is 2.07. The molecule has 0 heterocycles. The van der Waals surface area contributed by atoms with Crippen molar-refractivity contribution < 1.29 is 23.1 Å². The van der Waals surface area contributed by atoms with Crippen LogP contribution < -0.4 is 5.32 Å². The van der Waals surface area contributed by atoms with Gasteiger partial charge in [0.2, 0.25) is 5.91 Å². The first-order valence-corrected chi connectivity index (χ1v) is 6.93. The number of carbonyl (C=O) groups excluding carboxylic acids is 1. The fourth-order valence-electron chi connectivity index (χ4n) is 1.14. The van der Waals surface area contributed by atoms with Gasteiger partial charge in [-0.2, -0.15) is 0 Å². The van der Waals surface area contributed by atoms with Crippen molar-refractivity contribution in [2.24, 2.45) is 5.92 Å². The van der Waals surface area contributed by atoms with E-state index in [-0.39, 0.29) is 5.92 Å². The van der Waals surface area contributed by atoms with Gasteiger partial charge >= 0.3 is 5.97 Å². The fourth-order valence-corrected chi connectivity index (χ4v) is 1.70. The van der Waals surface area contributed by atoms with Crippen molar-refractivity contribution >= 4 is 21.7 Å². The Morgan fingerprint density at radius 1 is 1.38 bits per heavy atom. The number of amides is 1. The maximum absolute atomic E-state index is 11.2. The van der Waals surface area contributed by atoms with Crippen molar-refractivity contribution in [3.05, 3.63) is 0 Å². The predicted octanol–water partition coefficient (Wildman–Crippen LogP) is -0.353. The molecule has 0 spiro atoms. The van der Waals surface area contributed by atoms with Gasteiger partial charge in [0.15, 0.2) is 9.84 Å². The monoisotopic (exact) mass is 251 g/mol. The molecule has 6 nitrogen and oxygen atoms in total. The Morgan fingerprint density at radius 3 is 2.19 bits per heavy atom. The Morgan fingerprint density at radius 2 is 1.88 bits per heavy atom. The van der Waals surface area contributed by atoms with E-state index in [1.165, 1.54) is 0 Å². The van der Waals surface area contributed by atoms with Gasteiger partial charge in [-0.05, 0) is 5.92 Å². The second-order valence-corrected chi connectivity index (χ2v) is 5.98. The van der Waals surface area contributed by atoms with E-state index in [2.05, 4.69) is 5.32 Å². The molecule has 0 fully saturated rings. The summed E-state index contributed by atoms with van der Waals surface area (Å²) >= 11 is 0. The standard InChI is InChI=1S/C9H17NO5S/c1-4-6(2)8(9(12)13)10-7(11)5-16(3,14)15/h6,8H,4-5H2,1-3H3,(H,10,11)(H,12,13). The smallest absolute Gasteiger partial charge is 0.326 e. The van der Waals surface area contributed by atoms with Crippen LogP contribution >= 0.6 is 0 Å². The molecular weight excluding hydrogens is 234 g/mol. The van der Waals surface area contributed by atoms with Gasteiger partial charge in [0.1, 0.15) is 11.8 Å². The minimum atomic E-state index is -3.43. The number of nitrogens with one attached hydrogen (secondary N) is 1. The number of hydrogen-bond acceptors (Lipinski definition) is 4. The van der Waals surface area contributed by atoms with Gasteiger partial charge in [-0.25, -0.2) is 13.2 Å². The molecule has 0 aliphatic heterocycles. The first kappa shape index (κ1) is 14.9.